The summed E-state index contributed by atoms with van der Waals surface area (Å²) in [6, 6.07) is 5.67. The molecule has 2 heterocycles. The van der Waals surface area contributed by atoms with E-state index in [9.17, 15) is 17.2 Å². The standard InChI is InChI=1S/C19H19F2N3O3S/c1-23-18-6-2-5-15(18)17(22-23)12-24(11-14-4-3-9-27-14)28(25,26)19-10-13(20)7-8-16(19)21/h3-4,7-10H,2,5-6,11-12H2,1H3. The first-order valence-electron chi connectivity index (χ1n) is 8.87. The van der Waals surface area contributed by atoms with Gasteiger partial charge in [0.15, 0.2) is 0 Å². The lowest BCUT2D eigenvalue weighted by molar-refractivity contribution is 0.351. The summed E-state index contributed by atoms with van der Waals surface area (Å²) in [4.78, 5) is -0.702. The molecule has 148 valence electrons. The molecule has 0 saturated carbocycles. The molecule has 0 saturated heterocycles. The van der Waals surface area contributed by atoms with Gasteiger partial charge in [0.05, 0.1) is 25.0 Å². The van der Waals surface area contributed by atoms with Gasteiger partial charge in [-0.1, -0.05) is 0 Å². The normalized spacial score (nSPS) is 14.0. The van der Waals surface area contributed by atoms with Crippen molar-refractivity contribution in [3.63, 3.8) is 0 Å². The molecule has 1 aliphatic carbocycles. The molecule has 0 amide bonds. The zero-order chi connectivity index (χ0) is 19.9. The Labute approximate surface area is 161 Å². The molecule has 9 heteroatoms. The predicted octanol–water partition coefficient (Wildman–Crippen LogP) is 3.17. The van der Waals surface area contributed by atoms with Crippen molar-refractivity contribution in [2.75, 3.05) is 0 Å². The van der Waals surface area contributed by atoms with Gasteiger partial charge in [0.25, 0.3) is 0 Å². The van der Waals surface area contributed by atoms with Crippen molar-refractivity contribution in [3.05, 3.63) is 70.9 Å². The molecular formula is C19H19F2N3O3S. The summed E-state index contributed by atoms with van der Waals surface area (Å²) in [5.41, 5.74) is 2.74. The smallest absolute Gasteiger partial charge is 0.246 e. The van der Waals surface area contributed by atoms with Crippen molar-refractivity contribution in [1.29, 1.82) is 0 Å². The third-order valence-electron chi connectivity index (χ3n) is 4.95. The Morgan fingerprint density at radius 3 is 2.79 bits per heavy atom. The van der Waals surface area contributed by atoms with E-state index in [1.54, 1.807) is 16.8 Å². The first-order valence-corrected chi connectivity index (χ1v) is 10.3. The van der Waals surface area contributed by atoms with Crippen molar-refractivity contribution >= 4 is 10.0 Å². The van der Waals surface area contributed by atoms with E-state index in [2.05, 4.69) is 5.10 Å². The first-order chi connectivity index (χ1) is 13.4. The fourth-order valence-electron chi connectivity index (χ4n) is 3.61. The number of benzene rings is 1. The van der Waals surface area contributed by atoms with Gasteiger partial charge in [0.1, 0.15) is 22.3 Å². The molecule has 0 radical (unpaired) electrons. The highest BCUT2D eigenvalue weighted by molar-refractivity contribution is 7.89. The number of sulfonamides is 1. The maximum atomic E-state index is 14.3. The van der Waals surface area contributed by atoms with Gasteiger partial charge in [0, 0.05) is 12.7 Å². The van der Waals surface area contributed by atoms with Crippen LogP contribution in [0.1, 0.15) is 29.1 Å². The molecular weight excluding hydrogens is 388 g/mol. The molecule has 0 fully saturated rings. The molecule has 0 bridgehead atoms. The minimum Gasteiger partial charge on any atom is -0.468 e. The second kappa shape index (κ2) is 7.14. The van der Waals surface area contributed by atoms with Gasteiger partial charge in [-0.2, -0.15) is 9.40 Å². The molecule has 4 rings (SSSR count). The fourth-order valence-corrected chi connectivity index (χ4v) is 5.05. The molecule has 3 aromatic rings. The van der Waals surface area contributed by atoms with Crippen LogP contribution in [0.2, 0.25) is 0 Å². The third kappa shape index (κ3) is 3.35. The second-order valence-corrected chi connectivity index (χ2v) is 8.68. The molecule has 0 atom stereocenters. The number of halogens is 2. The average molecular weight is 407 g/mol. The van der Waals surface area contributed by atoms with E-state index in [1.165, 1.54) is 6.26 Å². The quantitative estimate of drug-likeness (QED) is 0.630. The number of hydrogen-bond donors (Lipinski definition) is 0. The Morgan fingerprint density at radius 2 is 2.04 bits per heavy atom. The van der Waals surface area contributed by atoms with Gasteiger partial charge < -0.3 is 4.42 Å². The zero-order valence-electron chi connectivity index (χ0n) is 15.2. The van der Waals surface area contributed by atoms with E-state index in [-0.39, 0.29) is 13.1 Å². The van der Waals surface area contributed by atoms with Gasteiger partial charge in [-0.05, 0) is 55.2 Å². The lowest BCUT2D eigenvalue weighted by Gasteiger charge is -2.21. The topological polar surface area (TPSA) is 68.3 Å². The average Bonchev–Trinajstić information content (AvgIpc) is 3.37. The maximum Gasteiger partial charge on any atom is 0.246 e. The minimum atomic E-state index is -4.33. The summed E-state index contributed by atoms with van der Waals surface area (Å²) in [6.45, 7) is -0.168. The Bertz CT molecular complexity index is 1110. The molecule has 28 heavy (non-hydrogen) atoms. The molecule has 1 aromatic carbocycles. The predicted molar refractivity (Wildman–Crippen MR) is 96.7 cm³/mol. The van der Waals surface area contributed by atoms with Crippen LogP contribution in [0, 0.1) is 11.6 Å². The summed E-state index contributed by atoms with van der Waals surface area (Å²) >= 11 is 0. The summed E-state index contributed by atoms with van der Waals surface area (Å²) in [7, 11) is -2.50. The molecule has 0 aliphatic heterocycles. The highest BCUT2D eigenvalue weighted by atomic mass is 32.2. The lowest BCUT2D eigenvalue weighted by Crippen LogP contribution is -2.31. The maximum absolute atomic E-state index is 14.3. The number of rotatable bonds is 6. The van der Waals surface area contributed by atoms with Crippen LogP contribution in [-0.2, 0) is 43.0 Å². The van der Waals surface area contributed by atoms with E-state index >= 15 is 0 Å². The summed E-state index contributed by atoms with van der Waals surface area (Å²) < 4.78 is 62.4. The Hall–Kier alpha value is -2.52. The lowest BCUT2D eigenvalue weighted by atomic mass is 10.2. The second-order valence-electron chi connectivity index (χ2n) is 6.78. The van der Waals surface area contributed by atoms with Gasteiger partial charge in [0.2, 0.25) is 10.0 Å². The number of hydrogen-bond acceptors (Lipinski definition) is 4. The molecule has 2 aromatic heterocycles. The minimum absolute atomic E-state index is 0.0534. The Morgan fingerprint density at radius 1 is 1.21 bits per heavy atom. The van der Waals surface area contributed by atoms with Gasteiger partial charge in [-0.25, -0.2) is 17.2 Å². The monoisotopic (exact) mass is 407 g/mol. The summed E-state index contributed by atoms with van der Waals surface area (Å²) in [6.07, 6.45) is 4.13. The van der Waals surface area contributed by atoms with Crippen LogP contribution < -0.4 is 0 Å². The van der Waals surface area contributed by atoms with Crippen LogP contribution >= 0.6 is 0 Å². The molecule has 0 unspecified atom stereocenters. The van der Waals surface area contributed by atoms with Crippen molar-refractivity contribution in [3.8, 4) is 0 Å². The molecule has 0 N–H and O–H groups in total. The van der Waals surface area contributed by atoms with E-state index in [0.717, 1.165) is 47.0 Å². The summed E-state index contributed by atoms with van der Waals surface area (Å²) in [5, 5.41) is 4.46. The van der Waals surface area contributed by atoms with Crippen molar-refractivity contribution < 1.29 is 21.6 Å². The van der Waals surface area contributed by atoms with Crippen LogP contribution in [-0.4, -0.2) is 22.5 Å². The van der Waals surface area contributed by atoms with Crippen molar-refractivity contribution in [2.24, 2.45) is 7.05 Å². The van der Waals surface area contributed by atoms with Gasteiger partial charge >= 0.3 is 0 Å². The number of aromatic nitrogens is 2. The zero-order valence-corrected chi connectivity index (χ0v) is 16.0. The van der Waals surface area contributed by atoms with Crippen molar-refractivity contribution in [1.82, 2.24) is 14.1 Å². The van der Waals surface area contributed by atoms with Crippen molar-refractivity contribution in [2.45, 2.75) is 37.2 Å². The van der Waals surface area contributed by atoms with E-state index in [4.69, 9.17) is 4.42 Å². The van der Waals surface area contributed by atoms with E-state index in [0.29, 0.717) is 17.5 Å². The van der Waals surface area contributed by atoms with Gasteiger partial charge in [-0.15, -0.1) is 0 Å². The van der Waals surface area contributed by atoms with E-state index < -0.39 is 26.6 Å². The van der Waals surface area contributed by atoms with Crippen LogP contribution in [0.25, 0.3) is 0 Å². The first kappa shape index (κ1) is 18.8. The Kier molecular flexibility index (Phi) is 4.80. The molecule has 6 nitrogen and oxygen atoms in total. The molecule has 0 spiro atoms. The van der Waals surface area contributed by atoms with Gasteiger partial charge in [-0.3, -0.25) is 4.68 Å². The third-order valence-corrected chi connectivity index (χ3v) is 6.75. The number of furan rings is 1. The highest BCUT2D eigenvalue weighted by Gasteiger charge is 2.32. The van der Waals surface area contributed by atoms with Crippen LogP contribution in [0.15, 0.2) is 45.9 Å². The fraction of sp³-hybridized carbons (Fsp3) is 0.316. The van der Waals surface area contributed by atoms with Crippen LogP contribution in [0.4, 0.5) is 8.78 Å². The largest absolute Gasteiger partial charge is 0.468 e. The SMILES string of the molecule is Cn1nc(CN(Cc2ccco2)S(=O)(=O)c2cc(F)ccc2F)c2c1CCC2. The Balaban J connectivity index is 1.75. The summed E-state index contributed by atoms with van der Waals surface area (Å²) in [5.74, 6) is -1.43. The molecule has 1 aliphatic rings. The number of fused-ring (bicyclic) bond motifs is 1. The highest BCUT2D eigenvalue weighted by Crippen LogP contribution is 2.29. The van der Waals surface area contributed by atoms with Crippen LogP contribution in [0.3, 0.4) is 0 Å². The number of nitrogens with zero attached hydrogens (tertiary/aromatic N) is 3. The number of aryl methyl sites for hydroxylation is 1. The van der Waals surface area contributed by atoms with Crippen LogP contribution in [0.5, 0.6) is 0 Å². The van der Waals surface area contributed by atoms with E-state index in [1.807, 2.05) is 7.05 Å².